The molecule has 88 valence electrons. The number of hydrogen-bond acceptors (Lipinski definition) is 2. The average molecular weight is 212 g/mol. The van der Waals surface area contributed by atoms with Crippen molar-refractivity contribution in [2.45, 2.75) is 52.6 Å². The second kappa shape index (κ2) is 9.66. The lowest BCUT2D eigenvalue weighted by Gasteiger charge is -2.21. The maximum Gasteiger partial charge on any atom is 0.123 e. The van der Waals surface area contributed by atoms with E-state index in [0.29, 0.717) is 6.42 Å². The second-order valence-electron chi connectivity index (χ2n) is 3.72. The maximum absolute atomic E-state index is 9.72. The van der Waals surface area contributed by atoms with Gasteiger partial charge in [0.2, 0.25) is 0 Å². The fourth-order valence-electron chi connectivity index (χ4n) is 1.06. The minimum Gasteiger partial charge on any atom is -0.386 e. The van der Waals surface area contributed by atoms with Crippen molar-refractivity contribution >= 4 is 6.29 Å². The molecule has 0 radical (unpaired) electrons. The number of carbonyl (C=O) groups is 1. The largest absolute Gasteiger partial charge is 0.386 e. The molecular weight excluding hydrogens is 188 g/mol. The van der Waals surface area contributed by atoms with Crippen molar-refractivity contribution in [2.24, 2.45) is 0 Å². The summed E-state index contributed by atoms with van der Waals surface area (Å²) in [5.74, 6) is 0. The summed E-state index contributed by atoms with van der Waals surface area (Å²) in [4.78, 5) is 9.33. The van der Waals surface area contributed by atoms with Gasteiger partial charge in [-0.05, 0) is 26.7 Å². The molecule has 0 aromatic carbocycles. The van der Waals surface area contributed by atoms with Crippen molar-refractivity contribution in [3.8, 4) is 0 Å². The summed E-state index contributed by atoms with van der Waals surface area (Å²) >= 11 is 0. The highest BCUT2D eigenvalue weighted by molar-refractivity contribution is 5.51. The Balaban J connectivity index is 0. The normalized spacial score (nSPS) is 9.67. The van der Waals surface area contributed by atoms with Gasteiger partial charge in [-0.25, -0.2) is 0 Å². The number of aliphatic hydroxyl groups is 1. The molecular formula is C13H24O2. The first-order valence-electron chi connectivity index (χ1n) is 5.38. The van der Waals surface area contributed by atoms with Crippen LogP contribution in [0.4, 0.5) is 0 Å². The highest BCUT2D eigenvalue weighted by Gasteiger charge is 2.17. The number of allylic oxidation sites excluding steroid dienone is 2. The van der Waals surface area contributed by atoms with Gasteiger partial charge in [-0.2, -0.15) is 0 Å². The highest BCUT2D eigenvalue weighted by Crippen LogP contribution is 2.17. The Labute approximate surface area is 93.7 Å². The molecule has 0 bridgehead atoms. The van der Waals surface area contributed by atoms with Gasteiger partial charge in [0.1, 0.15) is 6.29 Å². The fraction of sp³-hybridized carbons (Fsp3) is 0.615. The molecule has 0 aromatic heterocycles. The van der Waals surface area contributed by atoms with E-state index in [4.69, 9.17) is 0 Å². The zero-order valence-electron chi connectivity index (χ0n) is 10.4. The molecule has 0 aromatic rings. The van der Waals surface area contributed by atoms with E-state index in [-0.39, 0.29) is 0 Å². The van der Waals surface area contributed by atoms with Crippen molar-refractivity contribution in [2.75, 3.05) is 0 Å². The van der Waals surface area contributed by atoms with Gasteiger partial charge in [0.05, 0.1) is 5.60 Å². The SMILES string of the molecule is C=CCC=O.CCC(O)(C=C(C)C)CC. The lowest BCUT2D eigenvalue weighted by atomic mass is 9.95. The van der Waals surface area contributed by atoms with E-state index >= 15 is 0 Å². The topological polar surface area (TPSA) is 37.3 Å². The molecule has 2 heteroatoms. The van der Waals surface area contributed by atoms with Crippen LogP contribution in [0.5, 0.6) is 0 Å². The molecule has 0 rings (SSSR count). The van der Waals surface area contributed by atoms with Crippen LogP contribution in [0.2, 0.25) is 0 Å². The molecule has 0 unspecified atom stereocenters. The summed E-state index contributed by atoms with van der Waals surface area (Å²) in [6.45, 7) is 11.3. The maximum atomic E-state index is 9.72. The predicted octanol–water partition coefficient (Wildman–Crippen LogP) is 3.27. The summed E-state index contributed by atoms with van der Waals surface area (Å²) in [5.41, 5.74) is 0.630. The zero-order chi connectivity index (χ0) is 12.3. The van der Waals surface area contributed by atoms with E-state index < -0.39 is 5.60 Å². The van der Waals surface area contributed by atoms with Gasteiger partial charge in [-0.15, -0.1) is 6.58 Å². The molecule has 15 heavy (non-hydrogen) atoms. The molecule has 0 aliphatic carbocycles. The molecule has 0 aliphatic rings. The van der Waals surface area contributed by atoms with Crippen LogP contribution in [0.25, 0.3) is 0 Å². The van der Waals surface area contributed by atoms with Gasteiger partial charge >= 0.3 is 0 Å². The number of carbonyl (C=O) groups excluding carboxylic acids is 1. The van der Waals surface area contributed by atoms with Gasteiger partial charge in [0.25, 0.3) is 0 Å². The quantitative estimate of drug-likeness (QED) is 0.561. The Morgan fingerprint density at radius 3 is 1.87 bits per heavy atom. The number of aldehydes is 1. The van der Waals surface area contributed by atoms with Crippen LogP contribution in [-0.4, -0.2) is 17.0 Å². The lowest BCUT2D eigenvalue weighted by molar-refractivity contribution is -0.107. The first-order chi connectivity index (χ1) is 6.95. The molecule has 0 atom stereocenters. The number of hydrogen-bond donors (Lipinski definition) is 1. The molecule has 0 heterocycles. The van der Waals surface area contributed by atoms with E-state index in [0.717, 1.165) is 19.1 Å². The third-order valence-corrected chi connectivity index (χ3v) is 2.04. The van der Waals surface area contributed by atoms with Crippen LogP contribution in [0.15, 0.2) is 24.3 Å². The second-order valence-corrected chi connectivity index (χ2v) is 3.72. The lowest BCUT2D eigenvalue weighted by Crippen LogP contribution is -2.23. The Bertz CT molecular complexity index is 191. The molecule has 1 N–H and O–H groups in total. The van der Waals surface area contributed by atoms with Crippen LogP contribution >= 0.6 is 0 Å². The summed E-state index contributed by atoms with van der Waals surface area (Å²) in [6, 6.07) is 0. The van der Waals surface area contributed by atoms with Crippen LogP contribution in [0.1, 0.15) is 47.0 Å². The van der Waals surface area contributed by atoms with Crippen molar-refractivity contribution in [3.63, 3.8) is 0 Å². The molecule has 0 spiro atoms. The molecule has 0 saturated heterocycles. The van der Waals surface area contributed by atoms with Crippen LogP contribution < -0.4 is 0 Å². The Morgan fingerprint density at radius 1 is 1.33 bits per heavy atom. The van der Waals surface area contributed by atoms with E-state index in [1.54, 1.807) is 6.08 Å². The summed E-state index contributed by atoms with van der Waals surface area (Å²) in [5, 5.41) is 9.72. The van der Waals surface area contributed by atoms with Crippen molar-refractivity contribution in [3.05, 3.63) is 24.3 Å². The molecule has 0 aliphatic heterocycles. The van der Waals surface area contributed by atoms with E-state index in [9.17, 15) is 9.90 Å². The van der Waals surface area contributed by atoms with Crippen LogP contribution in [0, 0.1) is 0 Å². The third-order valence-electron chi connectivity index (χ3n) is 2.04. The first-order valence-corrected chi connectivity index (χ1v) is 5.38. The van der Waals surface area contributed by atoms with Crippen LogP contribution in [-0.2, 0) is 4.79 Å². The minimum atomic E-state index is -0.557. The Kier molecular flexibility index (Phi) is 10.6. The fourth-order valence-corrected chi connectivity index (χ4v) is 1.06. The summed E-state index contributed by atoms with van der Waals surface area (Å²) in [6.07, 6.45) is 6.39. The van der Waals surface area contributed by atoms with Crippen LogP contribution in [0.3, 0.4) is 0 Å². The Morgan fingerprint density at radius 2 is 1.80 bits per heavy atom. The van der Waals surface area contributed by atoms with Crippen molar-refractivity contribution in [1.82, 2.24) is 0 Å². The van der Waals surface area contributed by atoms with Crippen molar-refractivity contribution < 1.29 is 9.90 Å². The third kappa shape index (κ3) is 11.0. The smallest absolute Gasteiger partial charge is 0.123 e. The molecule has 0 saturated carbocycles. The van der Waals surface area contributed by atoms with Crippen molar-refractivity contribution in [1.29, 1.82) is 0 Å². The van der Waals surface area contributed by atoms with Gasteiger partial charge in [0.15, 0.2) is 0 Å². The van der Waals surface area contributed by atoms with Gasteiger partial charge < -0.3 is 9.90 Å². The average Bonchev–Trinajstić information content (AvgIpc) is 2.19. The first kappa shape index (κ1) is 16.5. The van der Waals surface area contributed by atoms with E-state index in [2.05, 4.69) is 6.58 Å². The minimum absolute atomic E-state index is 0.472. The molecule has 0 fully saturated rings. The number of rotatable bonds is 5. The summed E-state index contributed by atoms with van der Waals surface area (Å²) < 4.78 is 0. The standard InChI is InChI=1S/C9H18O.C4H6O/c1-5-9(10,6-2)7-8(3)4;1-2-3-4-5/h7,10H,5-6H2,1-4H3;2,4H,1,3H2. The van der Waals surface area contributed by atoms with Gasteiger partial charge in [-0.1, -0.05) is 31.6 Å². The monoisotopic (exact) mass is 212 g/mol. The van der Waals surface area contributed by atoms with E-state index in [1.165, 1.54) is 5.57 Å². The Hall–Kier alpha value is -0.890. The predicted molar refractivity (Wildman–Crippen MR) is 65.8 cm³/mol. The molecule has 0 amide bonds. The van der Waals surface area contributed by atoms with E-state index in [1.807, 2.05) is 33.8 Å². The molecule has 2 nitrogen and oxygen atoms in total. The summed E-state index contributed by atoms with van der Waals surface area (Å²) in [7, 11) is 0. The van der Waals surface area contributed by atoms with Gasteiger partial charge in [-0.3, -0.25) is 0 Å². The van der Waals surface area contributed by atoms with Gasteiger partial charge in [0, 0.05) is 6.42 Å². The highest BCUT2D eigenvalue weighted by atomic mass is 16.3. The zero-order valence-corrected chi connectivity index (χ0v) is 10.4.